The Kier molecular flexibility index (Phi) is 4.94. The molecule has 0 saturated heterocycles. The normalized spacial score (nSPS) is 12.9. The van der Waals surface area contributed by atoms with Gasteiger partial charge in [0.1, 0.15) is 5.82 Å². The number of halogens is 1. The minimum Gasteiger partial charge on any atom is -0.369 e. The predicted octanol–water partition coefficient (Wildman–Crippen LogP) is 3.33. The van der Waals surface area contributed by atoms with Crippen molar-refractivity contribution >= 4 is 5.69 Å². The van der Waals surface area contributed by atoms with Crippen LogP contribution < -0.4 is 10.6 Å². The van der Waals surface area contributed by atoms with Gasteiger partial charge in [0, 0.05) is 19.1 Å². The van der Waals surface area contributed by atoms with Crippen molar-refractivity contribution in [2.45, 2.75) is 33.7 Å². The minimum absolute atomic E-state index is 0.151. The molecule has 0 unspecified atom stereocenters. The summed E-state index contributed by atoms with van der Waals surface area (Å²) in [6.45, 7) is 9.83. The van der Waals surface area contributed by atoms with Crippen LogP contribution in [0.3, 0.4) is 0 Å². The zero-order valence-electron chi connectivity index (χ0n) is 11.2. The quantitative estimate of drug-likeness (QED) is 0.852. The maximum Gasteiger partial charge on any atom is 0.146 e. The van der Waals surface area contributed by atoms with E-state index in [1.54, 1.807) is 6.07 Å². The molecule has 0 aliphatic carbocycles. The first-order chi connectivity index (χ1) is 7.97. The van der Waals surface area contributed by atoms with Crippen LogP contribution in [0.5, 0.6) is 0 Å². The van der Waals surface area contributed by atoms with Crippen molar-refractivity contribution in [3.63, 3.8) is 0 Å². The Labute approximate surface area is 104 Å². The number of benzene rings is 1. The average Bonchev–Trinajstić information content (AvgIpc) is 2.25. The van der Waals surface area contributed by atoms with Gasteiger partial charge in [0.05, 0.1) is 5.69 Å². The van der Waals surface area contributed by atoms with E-state index in [2.05, 4.69) is 18.7 Å². The Hall–Kier alpha value is -1.09. The van der Waals surface area contributed by atoms with Crippen LogP contribution in [0.25, 0.3) is 0 Å². The molecule has 0 aliphatic rings. The van der Waals surface area contributed by atoms with Crippen molar-refractivity contribution in [1.29, 1.82) is 0 Å². The second-order valence-electron chi connectivity index (χ2n) is 4.90. The maximum atomic E-state index is 14.0. The molecule has 0 bridgehead atoms. The standard InChI is InChI=1S/C14H23FN2/c1-5-17(9-10(2)3)14-12(11(4)16)7-6-8-13(14)15/h6-8,10-11H,5,9,16H2,1-4H3/t11-/m1/s1. The molecule has 0 spiro atoms. The van der Waals surface area contributed by atoms with E-state index < -0.39 is 0 Å². The third kappa shape index (κ3) is 3.43. The van der Waals surface area contributed by atoms with Gasteiger partial charge in [-0.2, -0.15) is 0 Å². The molecule has 1 aromatic rings. The number of anilines is 1. The van der Waals surface area contributed by atoms with Gasteiger partial charge < -0.3 is 10.6 Å². The summed E-state index contributed by atoms with van der Waals surface area (Å²) in [7, 11) is 0. The van der Waals surface area contributed by atoms with Crippen molar-refractivity contribution < 1.29 is 4.39 Å². The van der Waals surface area contributed by atoms with Crippen molar-refractivity contribution in [3.8, 4) is 0 Å². The van der Waals surface area contributed by atoms with Crippen molar-refractivity contribution in [1.82, 2.24) is 0 Å². The molecule has 3 heteroatoms. The first kappa shape index (κ1) is 14.0. The molecule has 1 atom stereocenters. The fourth-order valence-electron chi connectivity index (χ4n) is 2.05. The third-order valence-corrected chi connectivity index (χ3v) is 2.79. The number of hydrogen-bond donors (Lipinski definition) is 1. The van der Waals surface area contributed by atoms with E-state index in [4.69, 9.17) is 5.73 Å². The summed E-state index contributed by atoms with van der Waals surface area (Å²) < 4.78 is 14.0. The first-order valence-electron chi connectivity index (χ1n) is 6.26. The Morgan fingerprint density at radius 1 is 1.29 bits per heavy atom. The van der Waals surface area contributed by atoms with E-state index >= 15 is 0 Å². The molecule has 2 N–H and O–H groups in total. The Morgan fingerprint density at radius 3 is 2.41 bits per heavy atom. The lowest BCUT2D eigenvalue weighted by Gasteiger charge is -2.28. The van der Waals surface area contributed by atoms with Crippen LogP contribution in [0, 0.1) is 11.7 Å². The van der Waals surface area contributed by atoms with Crippen LogP contribution in [0.2, 0.25) is 0 Å². The highest BCUT2D eigenvalue weighted by molar-refractivity contribution is 5.56. The SMILES string of the molecule is CCN(CC(C)C)c1c(F)cccc1[C@@H](C)N. The topological polar surface area (TPSA) is 29.3 Å². The predicted molar refractivity (Wildman–Crippen MR) is 71.7 cm³/mol. The summed E-state index contributed by atoms with van der Waals surface area (Å²) in [6, 6.07) is 4.98. The molecule has 0 amide bonds. The van der Waals surface area contributed by atoms with Crippen LogP contribution >= 0.6 is 0 Å². The van der Waals surface area contributed by atoms with Crippen LogP contribution in [-0.4, -0.2) is 13.1 Å². The molecule has 0 fully saturated rings. The lowest BCUT2D eigenvalue weighted by Crippen LogP contribution is -2.30. The number of para-hydroxylation sites is 1. The van der Waals surface area contributed by atoms with Gasteiger partial charge in [0.25, 0.3) is 0 Å². The summed E-state index contributed by atoms with van der Waals surface area (Å²) >= 11 is 0. The molecule has 17 heavy (non-hydrogen) atoms. The molecule has 0 radical (unpaired) electrons. The van der Waals surface area contributed by atoms with Crippen molar-refractivity contribution in [3.05, 3.63) is 29.6 Å². The number of hydrogen-bond acceptors (Lipinski definition) is 2. The first-order valence-corrected chi connectivity index (χ1v) is 6.26. The summed E-state index contributed by atoms with van der Waals surface area (Å²) in [4.78, 5) is 2.07. The molecule has 2 nitrogen and oxygen atoms in total. The van der Waals surface area contributed by atoms with Crippen molar-refractivity contribution in [2.75, 3.05) is 18.0 Å². The van der Waals surface area contributed by atoms with Gasteiger partial charge in [-0.25, -0.2) is 4.39 Å². The van der Waals surface area contributed by atoms with Crippen LogP contribution in [0.15, 0.2) is 18.2 Å². The molecule has 0 aromatic heterocycles. The van der Waals surface area contributed by atoms with E-state index in [9.17, 15) is 4.39 Å². The van der Waals surface area contributed by atoms with Gasteiger partial charge in [-0.3, -0.25) is 0 Å². The average molecular weight is 238 g/mol. The molecular formula is C14H23FN2. The van der Waals surface area contributed by atoms with E-state index in [0.29, 0.717) is 11.6 Å². The monoisotopic (exact) mass is 238 g/mol. The molecule has 96 valence electrons. The fraction of sp³-hybridized carbons (Fsp3) is 0.571. The van der Waals surface area contributed by atoms with Crippen LogP contribution in [-0.2, 0) is 0 Å². The Bertz CT molecular complexity index is 361. The van der Waals surface area contributed by atoms with E-state index in [1.165, 1.54) is 6.07 Å². The smallest absolute Gasteiger partial charge is 0.146 e. The number of rotatable bonds is 5. The van der Waals surface area contributed by atoms with Gasteiger partial charge in [-0.15, -0.1) is 0 Å². The zero-order valence-corrected chi connectivity index (χ0v) is 11.2. The molecule has 0 saturated carbocycles. The molecule has 1 rings (SSSR count). The van der Waals surface area contributed by atoms with Gasteiger partial charge in [0.2, 0.25) is 0 Å². The van der Waals surface area contributed by atoms with E-state index in [-0.39, 0.29) is 11.9 Å². The van der Waals surface area contributed by atoms with Gasteiger partial charge >= 0.3 is 0 Å². The van der Waals surface area contributed by atoms with Gasteiger partial charge in [-0.05, 0) is 31.4 Å². The minimum atomic E-state index is -0.178. The van der Waals surface area contributed by atoms with Gasteiger partial charge in [-0.1, -0.05) is 26.0 Å². The third-order valence-electron chi connectivity index (χ3n) is 2.79. The van der Waals surface area contributed by atoms with Gasteiger partial charge in [0.15, 0.2) is 0 Å². The zero-order chi connectivity index (χ0) is 13.0. The highest BCUT2D eigenvalue weighted by Gasteiger charge is 2.17. The molecule has 0 heterocycles. The highest BCUT2D eigenvalue weighted by Crippen LogP contribution is 2.28. The second-order valence-corrected chi connectivity index (χ2v) is 4.90. The lowest BCUT2D eigenvalue weighted by molar-refractivity contribution is 0.580. The Morgan fingerprint density at radius 2 is 1.94 bits per heavy atom. The lowest BCUT2D eigenvalue weighted by atomic mass is 10.0. The molecule has 0 aliphatic heterocycles. The summed E-state index contributed by atoms with van der Waals surface area (Å²) in [6.07, 6.45) is 0. The van der Waals surface area contributed by atoms with E-state index in [0.717, 1.165) is 18.7 Å². The molecular weight excluding hydrogens is 215 g/mol. The van der Waals surface area contributed by atoms with Crippen molar-refractivity contribution in [2.24, 2.45) is 11.7 Å². The second kappa shape index (κ2) is 6.01. The fourth-order valence-corrected chi connectivity index (χ4v) is 2.05. The number of nitrogens with two attached hydrogens (primary N) is 1. The van der Waals surface area contributed by atoms with Crippen LogP contribution in [0.1, 0.15) is 39.3 Å². The maximum absolute atomic E-state index is 14.0. The number of nitrogens with zero attached hydrogens (tertiary/aromatic N) is 1. The molecule has 1 aromatic carbocycles. The summed E-state index contributed by atoms with van der Waals surface area (Å²) in [5, 5.41) is 0. The highest BCUT2D eigenvalue weighted by atomic mass is 19.1. The Balaban J connectivity index is 3.16. The summed E-state index contributed by atoms with van der Waals surface area (Å²) in [5.41, 5.74) is 7.46. The largest absolute Gasteiger partial charge is 0.369 e. The van der Waals surface area contributed by atoms with Crippen LogP contribution in [0.4, 0.5) is 10.1 Å². The summed E-state index contributed by atoms with van der Waals surface area (Å²) in [5.74, 6) is 0.317. The van der Waals surface area contributed by atoms with E-state index in [1.807, 2.05) is 19.9 Å².